The summed E-state index contributed by atoms with van der Waals surface area (Å²) in [6.07, 6.45) is 6.04. The lowest BCUT2D eigenvalue weighted by atomic mass is 10.2. The number of unbranched alkanes of at least 4 members (excludes halogenated alkanes) is 2. The normalized spacial score (nSPS) is 11.9. The third kappa shape index (κ3) is 5.73. The van der Waals surface area contributed by atoms with E-state index < -0.39 is 0 Å². The minimum absolute atomic E-state index is 0.0225. The lowest BCUT2D eigenvalue weighted by Gasteiger charge is -2.12. The van der Waals surface area contributed by atoms with Crippen LogP contribution in [0.25, 0.3) is 0 Å². The lowest BCUT2D eigenvalue weighted by molar-refractivity contribution is 0.0953. The first kappa shape index (κ1) is 15.5. The minimum Gasteiger partial charge on any atom is -0.368 e. The number of hydrogen-bond acceptors (Lipinski definition) is 3. The van der Waals surface area contributed by atoms with Gasteiger partial charge in [0.2, 0.25) is 0 Å². The van der Waals surface area contributed by atoms with Crippen molar-refractivity contribution in [1.82, 2.24) is 10.3 Å². The van der Waals surface area contributed by atoms with E-state index in [1.807, 2.05) is 0 Å². The van der Waals surface area contributed by atoms with Gasteiger partial charge in [-0.3, -0.25) is 4.79 Å². The molecule has 4 heteroatoms. The van der Waals surface area contributed by atoms with E-state index in [9.17, 15) is 4.79 Å². The summed E-state index contributed by atoms with van der Waals surface area (Å²) >= 11 is 0. The van der Waals surface area contributed by atoms with E-state index in [0.29, 0.717) is 11.6 Å². The van der Waals surface area contributed by atoms with Gasteiger partial charge in [0.05, 0.1) is 0 Å². The van der Waals surface area contributed by atoms with E-state index in [1.54, 1.807) is 18.3 Å². The Bertz CT molecular complexity index is 393. The summed E-state index contributed by atoms with van der Waals surface area (Å²) in [5, 5.41) is 6.21. The predicted molar refractivity (Wildman–Crippen MR) is 79.5 cm³/mol. The topological polar surface area (TPSA) is 54.0 Å². The summed E-state index contributed by atoms with van der Waals surface area (Å²) < 4.78 is 0. The summed E-state index contributed by atoms with van der Waals surface area (Å²) in [7, 11) is 0. The Morgan fingerprint density at radius 1 is 1.37 bits per heavy atom. The Kier molecular flexibility index (Phi) is 6.93. The van der Waals surface area contributed by atoms with Gasteiger partial charge in [-0.25, -0.2) is 4.98 Å². The number of anilines is 1. The van der Waals surface area contributed by atoms with E-state index in [1.165, 1.54) is 0 Å². The molecule has 0 bridgehead atoms. The van der Waals surface area contributed by atoms with Crippen LogP contribution in [0.15, 0.2) is 18.3 Å². The van der Waals surface area contributed by atoms with Gasteiger partial charge in [0.15, 0.2) is 0 Å². The molecular formula is C15H25N3O. The van der Waals surface area contributed by atoms with Crippen molar-refractivity contribution in [3.8, 4) is 0 Å². The molecule has 0 spiro atoms. The number of hydrogen-bond donors (Lipinski definition) is 2. The van der Waals surface area contributed by atoms with Crippen molar-refractivity contribution < 1.29 is 4.79 Å². The highest BCUT2D eigenvalue weighted by atomic mass is 16.1. The van der Waals surface area contributed by atoms with Gasteiger partial charge in [-0.05, 0) is 31.9 Å². The Hall–Kier alpha value is -1.58. The van der Waals surface area contributed by atoms with Gasteiger partial charge >= 0.3 is 0 Å². The van der Waals surface area contributed by atoms with Crippen LogP contribution in [0.2, 0.25) is 0 Å². The first-order chi connectivity index (χ1) is 9.17. The van der Waals surface area contributed by atoms with Crippen LogP contribution in [-0.4, -0.2) is 23.5 Å². The second-order valence-corrected chi connectivity index (χ2v) is 4.85. The van der Waals surface area contributed by atoms with Gasteiger partial charge in [0, 0.05) is 24.3 Å². The average Bonchev–Trinajstić information content (AvgIpc) is 2.43. The predicted octanol–water partition coefficient (Wildman–Crippen LogP) is 3.21. The van der Waals surface area contributed by atoms with Crippen molar-refractivity contribution in [2.75, 3.05) is 11.9 Å². The molecule has 4 nitrogen and oxygen atoms in total. The number of aromatic nitrogens is 1. The molecule has 1 heterocycles. The molecule has 1 amide bonds. The molecule has 1 aromatic rings. The number of pyridine rings is 1. The molecule has 0 radical (unpaired) electrons. The van der Waals surface area contributed by atoms with Crippen LogP contribution in [0.1, 0.15) is 56.8 Å². The first-order valence-corrected chi connectivity index (χ1v) is 7.18. The molecule has 1 rings (SSSR count). The third-order valence-electron chi connectivity index (χ3n) is 3.09. The Morgan fingerprint density at radius 3 is 2.84 bits per heavy atom. The molecule has 0 saturated carbocycles. The maximum Gasteiger partial charge on any atom is 0.251 e. The van der Waals surface area contributed by atoms with Crippen LogP contribution in [0.4, 0.5) is 5.82 Å². The van der Waals surface area contributed by atoms with Gasteiger partial charge in [-0.15, -0.1) is 0 Å². The minimum atomic E-state index is -0.0225. The second kappa shape index (κ2) is 8.51. The summed E-state index contributed by atoms with van der Waals surface area (Å²) in [6.45, 7) is 7.10. The molecule has 19 heavy (non-hydrogen) atoms. The van der Waals surface area contributed by atoms with E-state index in [0.717, 1.165) is 38.0 Å². The summed E-state index contributed by atoms with van der Waals surface area (Å²) in [6, 6.07) is 3.91. The molecule has 0 aliphatic carbocycles. The Balaban J connectivity index is 2.52. The molecule has 2 N–H and O–H groups in total. The van der Waals surface area contributed by atoms with Crippen molar-refractivity contribution >= 4 is 11.7 Å². The van der Waals surface area contributed by atoms with Crippen LogP contribution in [-0.2, 0) is 0 Å². The van der Waals surface area contributed by atoms with Gasteiger partial charge in [-0.1, -0.05) is 26.7 Å². The monoisotopic (exact) mass is 263 g/mol. The molecule has 1 aromatic heterocycles. The highest BCUT2D eigenvalue weighted by Crippen LogP contribution is 2.09. The van der Waals surface area contributed by atoms with E-state index in [2.05, 4.69) is 36.4 Å². The fraction of sp³-hybridized carbons (Fsp3) is 0.600. The molecule has 0 fully saturated rings. The summed E-state index contributed by atoms with van der Waals surface area (Å²) in [5.41, 5.74) is 0.664. The molecule has 106 valence electrons. The fourth-order valence-corrected chi connectivity index (χ4v) is 1.68. The van der Waals surface area contributed by atoms with Gasteiger partial charge in [-0.2, -0.15) is 0 Å². The maximum atomic E-state index is 11.9. The van der Waals surface area contributed by atoms with E-state index >= 15 is 0 Å². The molecular weight excluding hydrogens is 238 g/mol. The number of carbonyl (C=O) groups excluding carboxylic acids is 1. The van der Waals surface area contributed by atoms with Gasteiger partial charge < -0.3 is 10.6 Å². The van der Waals surface area contributed by atoms with Crippen molar-refractivity contribution in [3.05, 3.63) is 23.9 Å². The van der Waals surface area contributed by atoms with Crippen LogP contribution in [0.3, 0.4) is 0 Å². The Labute approximate surface area is 116 Å². The van der Waals surface area contributed by atoms with E-state index in [4.69, 9.17) is 0 Å². The smallest absolute Gasteiger partial charge is 0.251 e. The van der Waals surface area contributed by atoms with Gasteiger partial charge in [0.1, 0.15) is 5.82 Å². The van der Waals surface area contributed by atoms with Crippen molar-refractivity contribution in [2.45, 2.75) is 52.5 Å². The lowest BCUT2D eigenvalue weighted by Crippen LogP contribution is -2.24. The average molecular weight is 263 g/mol. The zero-order valence-electron chi connectivity index (χ0n) is 12.2. The van der Waals surface area contributed by atoms with Crippen LogP contribution in [0, 0.1) is 0 Å². The zero-order valence-corrected chi connectivity index (χ0v) is 12.2. The molecule has 1 atom stereocenters. The van der Waals surface area contributed by atoms with Crippen LogP contribution >= 0.6 is 0 Å². The number of amides is 1. The standard InChI is InChI=1S/C15H25N3O/c1-4-6-7-9-17-15(19)13-8-10-16-14(11-13)18-12(3)5-2/h8,10-12H,4-7,9H2,1-3H3,(H,16,18)(H,17,19). The highest BCUT2D eigenvalue weighted by Gasteiger charge is 2.07. The second-order valence-electron chi connectivity index (χ2n) is 4.85. The number of nitrogens with one attached hydrogen (secondary N) is 2. The summed E-state index contributed by atoms with van der Waals surface area (Å²) in [5.74, 6) is 0.737. The van der Waals surface area contributed by atoms with Gasteiger partial charge in [0.25, 0.3) is 5.91 Å². The quantitative estimate of drug-likeness (QED) is 0.708. The third-order valence-corrected chi connectivity index (χ3v) is 3.09. The van der Waals surface area contributed by atoms with Crippen molar-refractivity contribution in [2.24, 2.45) is 0 Å². The number of carbonyl (C=O) groups is 1. The Morgan fingerprint density at radius 2 is 2.16 bits per heavy atom. The van der Waals surface area contributed by atoms with E-state index in [-0.39, 0.29) is 5.91 Å². The largest absolute Gasteiger partial charge is 0.368 e. The molecule has 0 aromatic carbocycles. The molecule has 0 aliphatic heterocycles. The highest BCUT2D eigenvalue weighted by molar-refractivity contribution is 5.94. The fourth-order valence-electron chi connectivity index (χ4n) is 1.68. The van der Waals surface area contributed by atoms with Crippen molar-refractivity contribution in [3.63, 3.8) is 0 Å². The summed E-state index contributed by atoms with van der Waals surface area (Å²) in [4.78, 5) is 16.2. The van der Waals surface area contributed by atoms with Crippen LogP contribution < -0.4 is 10.6 Å². The molecule has 1 unspecified atom stereocenters. The molecule has 0 saturated heterocycles. The number of nitrogens with zero attached hydrogens (tertiary/aromatic N) is 1. The zero-order chi connectivity index (χ0) is 14.1. The SMILES string of the molecule is CCCCCNC(=O)c1ccnc(NC(C)CC)c1. The maximum absolute atomic E-state index is 11.9. The van der Waals surface area contributed by atoms with Crippen molar-refractivity contribution in [1.29, 1.82) is 0 Å². The number of rotatable bonds is 8. The first-order valence-electron chi connectivity index (χ1n) is 7.18. The van der Waals surface area contributed by atoms with Crippen LogP contribution in [0.5, 0.6) is 0 Å². The molecule has 0 aliphatic rings.